The second-order valence-electron chi connectivity index (χ2n) is 5.24. The second-order valence-corrected chi connectivity index (χ2v) is 5.24. The van der Waals surface area contributed by atoms with Crippen LogP contribution in [0.1, 0.15) is 104 Å². The van der Waals surface area contributed by atoms with E-state index in [4.69, 9.17) is 0 Å². The summed E-state index contributed by atoms with van der Waals surface area (Å²) in [6, 6.07) is 0. The molecule has 17 heavy (non-hydrogen) atoms. The molecule has 0 heterocycles. The summed E-state index contributed by atoms with van der Waals surface area (Å²) in [5.74, 6) is 0. The molecule has 0 aromatic rings. The second kappa shape index (κ2) is 19.1. The number of hydrogen-bond acceptors (Lipinski definition) is 0. The molecule has 0 N–H and O–H groups in total. The standard InChI is InChI=1S/C16H34.Au/c1-3-5-7-9-11-13-15-16-14-12-10-8-6-4-2;/h3-16H2,1-2H3;. The van der Waals surface area contributed by atoms with E-state index >= 15 is 0 Å². The molecule has 0 nitrogen and oxygen atoms in total. The summed E-state index contributed by atoms with van der Waals surface area (Å²) in [5, 5.41) is 0. The predicted octanol–water partition coefficient (Wildman–Crippen LogP) is 6.49. The van der Waals surface area contributed by atoms with Gasteiger partial charge in [-0.15, -0.1) is 0 Å². The van der Waals surface area contributed by atoms with Crippen molar-refractivity contribution in [2.45, 2.75) is 104 Å². The van der Waals surface area contributed by atoms with Gasteiger partial charge in [0.2, 0.25) is 0 Å². The van der Waals surface area contributed by atoms with Crippen molar-refractivity contribution in [3.63, 3.8) is 0 Å². The Bertz CT molecular complexity index is 98.1. The van der Waals surface area contributed by atoms with E-state index in [2.05, 4.69) is 13.8 Å². The Hall–Kier alpha value is 0.740. The van der Waals surface area contributed by atoms with E-state index in [9.17, 15) is 0 Å². The van der Waals surface area contributed by atoms with Crippen LogP contribution < -0.4 is 0 Å². The van der Waals surface area contributed by atoms with E-state index in [1.807, 2.05) is 0 Å². The van der Waals surface area contributed by atoms with Crippen LogP contribution in [0.25, 0.3) is 0 Å². The summed E-state index contributed by atoms with van der Waals surface area (Å²) >= 11 is 0. The molecule has 0 aliphatic heterocycles. The summed E-state index contributed by atoms with van der Waals surface area (Å²) in [6.45, 7) is 4.58. The van der Waals surface area contributed by atoms with E-state index in [0.29, 0.717) is 0 Å². The maximum Gasteiger partial charge on any atom is 0 e. The monoisotopic (exact) mass is 423 g/mol. The van der Waals surface area contributed by atoms with Crippen LogP contribution >= 0.6 is 0 Å². The molecule has 0 rings (SSSR count). The van der Waals surface area contributed by atoms with Crippen molar-refractivity contribution in [1.82, 2.24) is 0 Å². The van der Waals surface area contributed by atoms with Gasteiger partial charge < -0.3 is 0 Å². The summed E-state index contributed by atoms with van der Waals surface area (Å²) in [6.07, 6.45) is 20.4. The minimum atomic E-state index is 0. The molecule has 0 fully saturated rings. The topological polar surface area (TPSA) is 0 Å². The third kappa shape index (κ3) is 19.3. The summed E-state index contributed by atoms with van der Waals surface area (Å²) in [7, 11) is 0. The minimum Gasteiger partial charge on any atom is -0.0654 e. The molecule has 0 aromatic carbocycles. The zero-order valence-corrected chi connectivity index (χ0v) is 14.4. The quantitative estimate of drug-likeness (QED) is 0.235. The largest absolute Gasteiger partial charge is 0.0654 e. The molecular formula is C16H34Au. The fraction of sp³-hybridized carbons (Fsp3) is 1.00. The summed E-state index contributed by atoms with van der Waals surface area (Å²) in [5.41, 5.74) is 0. The normalized spacial score (nSPS) is 10.2. The minimum absolute atomic E-state index is 0. The first-order valence-corrected chi connectivity index (χ1v) is 7.91. The zero-order chi connectivity index (χ0) is 11.9. The Balaban J connectivity index is 0. The van der Waals surface area contributed by atoms with Crippen LogP contribution in [-0.4, -0.2) is 0 Å². The van der Waals surface area contributed by atoms with E-state index in [-0.39, 0.29) is 22.4 Å². The van der Waals surface area contributed by atoms with Gasteiger partial charge in [-0.2, -0.15) is 0 Å². The maximum absolute atomic E-state index is 2.29. The van der Waals surface area contributed by atoms with Crippen LogP contribution in [0.5, 0.6) is 0 Å². The third-order valence-electron chi connectivity index (χ3n) is 3.46. The number of rotatable bonds is 13. The van der Waals surface area contributed by atoms with Gasteiger partial charge in [-0.1, -0.05) is 104 Å². The Kier molecular flexibility index (Phi) is 22.5. The summed E-state index contributed by atoms with van der Waals surface area (Å²) < 4.78 is 0. The van der Waals surface area contributed by atoms with Gasteiger partial charge in [0.15, 0.2) is 0 Å². The molecule has 109 valence electrons. The van der Waals surface area contributed by atoms with Gasteiger partial charge in [0, 0.05) is 22.4 Å². The van der Waals surface area contributed by atoms with Crippen LogP contribution in [0.2, 0.25) is 0 Å². The van der Waals surface area contributed by atoms with Crippen LogP contribution in [0.4, 0.5) is 0 Å². The van der Waals surface area contributed by atoms with Crippen LogP contribution in [0.15, 0.2) is 0 Å². The van der Waals surface area contributed by atoms with Gasteiger partial charge in [-0.25, -0.2) is 0 Å². The molecule has 0 unspecified atom stereocenters. The van der Waals surface area contributed by atoms with E-state index in [1.54, 1.807) is 0 Å². The number of unbranched alkanes of at least 4 members (excludes halogenated alkanes) is 13. The van der Waals surface area contributed by atoms with Gasteiger partial charge in [-0.05, 0) is 0 Å². The van der Waals surface area contributed by atoms with E-state index < -0.39 is 0 Å². The first-order valence-electron chi connectivity index (χ1n) is 7.91. The average molecular weight is 423 g/mol. The molecule has 1 heteroatoms. The fourth-order valence-corrected chi connectivity index (χ4v) is 2.27. The Morgan fingerprint density at radius 1 is 0.353 bits per heavy atom. The van der Waals surface area contributed by atoms with E-state index in [0.717, 1.165) is 0 Å². The fourth-order valence-electron chi connectivity index (χ4n) is 2.27. The molecule has 0 amide bonds. The van der Waals surface area contributed by atoms with Crippen molar-refractivity contribution in [2.75, 3.05) is 0 Å². The molecule has 1 radical (unpaired) electrons. The van der Waals surface area contributed by atoms with Gasteiger partial charge in [-0.3, -0.25) is 0 Å². The predicted molar refractivity (Wildman–Crippen MR) is 76.0 cm³/mol. The Labute approximate surface area is 126 Å². The molecule has 0 bridgehead atoms. The summed E-state index contributed by atoms with van der Waals surface area (Å²) in [4.78, 5) is 0. The SMILES string of the molecule is CCCCCCCCCCCCCCCC.[Au]. The van der Waals surface area contributed by atoms with Crippen molar-refractivity contribution < 1.29 is 22.4 Å². The van der Waals surface area contributed by atoms with Crippen molar-refractivity contribution in [3.05, 3.63) is 0 Å². The molecule has 0 aliphatic carbocycles. The molecule has 0 aliphatic rings. The number of hydrogen-bond donors (Lipinski definition) is 0. The molecule has 0 spiro atoms. The first kappa shape index (κ1) is 20.1. The van der Waals surface area contributed by atoms with Gasteiger partial charge in [0.25, 0.3) is 0 Å². The van der Waals surface area contributed by atoms with Crippen molar-refractivity contribution in [3.8, 4) is 0 Å². The molecular weight excluding hydrogens is 389 g/mol. The maximum atomic E-state index is 2.29. The molecule has 0 saturated carbocycles. The Morgan fingerprint density at radius 2 is 0.529 bits per heavy atom. The molecule has 0 aromatic heterocycles. The van der Waals surface area contributed by atoms with Crippen molar-refractivity contribution in [1.29, 1.82) is 0 Å². The molecule has 0 atom stereocenters. The zero-order valence-electron chi connectivity index (χ0n) is 12.2. The van der Waals surface area contributed by atoms with Crippen LogP contribution in [0, 0.1) is 0 Å². The Morgan fingerprint density at radius 3 is 0.706 bits per heavy atom. The van der Waals surface area contributed by atoms with E-state index in [1.165, 1.54) is 89.9 Å². The smallest absolute Gasteiger partial charge is 0 e. The van der Waals surface area contributed by atoms with Crippen molar-refractivity contribution >= 4 is 0 Å². The first-order chi connectivity index (χ1) is 7.91. The van der Waals surface area contributed by atoms with Gasteiger partial charge >= 0.3 is 0 Å². The van der Waals surface area contributed by atoms with Crippen LogP contribution in [-0.2, 0) is 22.4 Å². The molecule has 0 saturated heterocycles. The van der Waals surface area contributed by atoms with Crippen LogP contribution in [0.3, 0.4) is 0 Å². The average Bonchev–Trinajstić information content (AvgIpc) is 2.31. The van der Waals surface area contributed by atoms with Gasteiger partial charge in [0.05, 0.1) is 0 Å². The third-order valence-corrected chi connectivity index (χ3v) is 3.46. The van der Waals surface area contributed by atoms with Crippen molar-refractivity contribution in [2.24, 2.45) is 0 Å². The van der Waals surface area contributed by atoms with Gasteiger partial charge in [0.1, 0.15) is 0 Å².